The molecule has 0 aliphatic heterocycles. The van der Waals surface area contributed by atoms with Crippen molar-refractivity contribution < 1.29 is 4.74 Å². The van der Waals surface area contributed by atoms with E-state index in [0.29, 0.717) is 5.92 Å². The summed E-state index contributed by atoms with van der Waals surface area (Å²) in [4.78, 5) is 0. The van der Waals surface area contributed by atoms with Crippen molar-refractivity contribution in [3.05, 3.63) is 0 Å². The first kappa shape index (κ1) is 14.4. The third kappa shape index (κ3) is 8.02. The van der Waals surface area contributed by atoms with E-state index in [1.54, 1.807) is 7.11 Å². The average molecular weight is 175 g/mol. The van der Waals surface area contributed by atoms with Crippen molar-refractivity contribution in [2.45, 2.75) is 53.2 Å². The molecule has 0 bridgehead atoms. The van der Waals surface area contributed by atoms with E-state index in [2.05, 4.69) is 13.8 Å². The van der Waals surface area contributed by atoms with Crippen LogP contribution >= 0.6 is 0 Å². The number of methoxy groups -OCH3 is 1. The Bertz CT molecular complexity index is 83.9. The molecule has 0 aromatic carbocycles. The molecule has 0 aromatic rings. The lowest BCUT2D eigenvalue weighted by Crippen LogP contribution is -2.34. The molecule has 76 valence electrons. The Hall–Kier alpha value is -0.0800. The number of hydrogen-bond donors (Lipinski definition) is 1. The van der Waals surface area contributed by atoms with Crippen LogP contribution in [0.4, 0.5) is 0 Å². The quantitative estimate of drug-likeness (QED) is 0.712. The van der Waals surface area contributed by atoms with Crippen LogP contribution in [0.2, 0.25) is 0 Å². The molecule has 2 atom stereocenters. The Morgan fingerprint density at radius 1 is 1.17 bits per heavy atom. The number of ether oxygens (including phenoxy) is 1. The topological polar surface area (TPSA) is 35.2 Å². The monoisotopic (exact) mass is 175 g/mol. The molecule has 2 unspecified atom stereocenters. The molecule has 0 aliphatic carbocycles. The maximum atomic E-state index is 5.80. The van der Waals surface area contributed by atoms with E-state index in [9.17, 15) is 0 Å². The number of rotatable bonds is 4. The fourth-order valence-corrected chi connectivity index (χ4v) is 0.911. The van der Waals surface area contributed by atoms with E-state index in [4.69, 9.17) is 10.5 Å². The molecule has 12 heavy (non-hydrogen) atoms. The van der Waals surface area contributed by atoms with Crippen LogP contribution in [-0.2, 0) is 4.74 Å². The molecule has 2 N–H and O–H groups in total. The molecule has 0 aromatic heterocycles. The maximum absolute atomic E-state index is 5.80. The normalized spacial score (nSPS) is 15.0. The molecule has 0 spiro atoms. The highest BCUT2D eigenvalue weighted by molar-refractivity contribution is 4.69. The molecule has 0 heterocycles. The highest BCUT2D eigenvalue weighted by Crippen LogP contribution is 2.07. The molecular formula is C10H25NO. The highest BCUT2D eigenvalue weighted by atomic mass is 16.5. The van der Waals surface area contributed by atoms with Gasteiger partial charge in [-0.05, 0) is 19.3 Å². The second kappa shape index (κ2) is 9.01. The van der Waals surface area contributed by atoms with Crippen LogP contribution in [0.25, 0.3) is 0 Å². The van der Waals surface area contributed by atoms with Crippen molar-refractivity contribution in [1.29, 1.82) is 0 Å². The van der Waals surface area contributed by atoms with E-state index in [0.717, 1.165) is 6.42 Å². The first-order chi connectivity index (χ1) is 5.57. The van der Waals surface area contributed by atoms with Crippen LogP contribution < -0.4 is 5.73 Å². The van der Waals surface area contributed by atoms with Gasteiger partial charge in [-0.15, -0.1) is 0 Å². The summed E-state index contributed by atoms with van der Waals surface area (Å²) in [5.74, 6) is 0.660. The SMILES string of the molecule is CC.COC(C)C(N)CC(C)C. The van der Waals surface area contributed by atoms with Gasteiger partial charge in [0.25, 0.3) is 0 Å². The van der Waals surface area contributed by atoms with Crippen LogP contribution in [0.15, 0.2) is 0 Å². The predicted molar refractivity (Wildman–Crippen MR) is 55.2 cm³/mol. The van der Waals surface area contributed by atoms with Crippen LogP contribution in [-0.4, -0.2) is 19.3 Å². The Morgan fingerprint density at radius 2 is 1.58 bits per heavy atom. The number of nitrogens with two attached hydrogens (primary N) is 1. The van der Waals surface area contributed by atoms with E-state index >= 15 is 0 Å². The van der Waals surface area contributed by atoms with Gasteiger partial charge in [0, 0.05) is 13.2 Å². The minimum atomic E-state index is 0.183. The number of hydrogen-bond acceptors (Lipinski definition) is 2. The van der Waals surface area contributed by atoms with Gasteiger partial charge in [-0.2, -0.15) is 0 Å². The first-order valence-electron chi connectivity index (χ1n) is 4.86. The Labute approximate surface area is 77.5 Å². The van der Waals surface area contributed by atoms with Crippen molar-refractivity contribution in [1.82, 2.24) is 0 Å². The van der Waals surface area contributed by atoms with Gasteiger partial charge >= 0.3 is 0 Å². The van der Waals surface area contributed by atoms with Crippen LogP contribution in [0.1, 0.15) is 41.0 Å². The summed E-state index contributed by atoms with van der Waals surface area (Å²) in [6.45, 7) is 10.3. The largest absolute Gasteiger partial charge is 0.380 e. The second-order valence-corrected chi connectivity index (χ2v) is 3.23. The Morgan fingerprint density at radius 3 is 1.83 bits per heavy atom. The summed E-state index contributed by atoms with van der Waals surface area (Å²) in [5, 5.41) is 0. The molecular weight excluding hydrogens is 150 g/mol. The third-order valence-electron chi connectivity index (χ3n) is 1.72. The van der Waals surface area contributed by atoms with Gasteiger partial charge in [0.2, 0.25) is 0 Å². The molecule has 0 rings (SSSR count). The second-order valence-electron chi connectivity index (χ2n) is 3.23. The summed E-state index contributed by atoms with van der Waals surface area (Å²) in [6, 6.07) is 0.185. The van der Waals surface area contributed by atoms with Crippen LogP contribution in [0, 0.1) is 5.92 Å². The summed E-state index contributed by atoms with van der Waals surface area (Å²) >= 11 is 0. The lowest BCUT2D eigenvalue weighted by Gasteiger charge is -2.19. The van der Waals surface area contributed by atoms with E-state index in [1.807, 2.05) is 20.8 Å². The van der Waals surface area contributed by atoms with Crippen molar-refractivity contribution in [3.63, 3.8) is 0 Å². The zero-order valence-electron chi connectivity index (χ0n) is 9.42. The minimum Gasteiger partial charge on any atom is -0.380 e. The minimum absolute atomic E-state index is 0.183. The molecule has 0 fully saturated rings. The predicted octanol–water partition coefficient (Wildman–Crippen LogP) is 2.42. The van der Waals surface area contributed by atoms with Gasteiger partial charge in [0.05, 0.1) is 6.10 Å². The van der Waals surface area contributed by atoms with Crippen molar-refractivity contribution in [2.75, 3.05) is 7.11 Å². The molecule has 0 amide bonds. The Balaban J connectivity index is 0. The summed E-state index contributed by atoms with van der Waals surface area (Å²) in [5.41, 5.74) is 5.80. The molecule has 0 saturated heterocycles. The summed E-state index contributed by atoms with van der Waals surface area (Å²) in [6.07, 6.45) is 1.22. The van der Waals surface area contributed by atoms with Gasteiger partial charge in [-0.3, -0.25) is 0 Å². The van der Waals surface area contributed by atoms with Crippen molar-refractivity contribution in [2.24, 2.45) is 11.7 Å². The molecule has 0 saturated carbocycles. The molecule has 0 radical (unpaired) electrons. The van der Waals surface area contributed by atoms with Gasteiger partial charge in [-0.25, -0.2) is 0 Å². The fraction of sp³-hybridized carbons (Fsp3) is 1.00. The smallest absolute Gasteiger partial charge is 0.0694 e. The van der Waals surface area contributed by atoms with Gasteiger partial charge in [0.1, 0.15) is 0 Å². The third-order valence-corrected chi connectivity index (χ3v) is 1.72. The fourth-order valence-electron chi connectivity index (χ4n) is 0.911. The van der Waals surface area contributed by atoms with Crippen LogP contribution in [0.3, 0.4) is 0 Å². The maximum Gasteiger partial charge on any atom is 0.0694 e. The van der Waals surface area contributed by atoms with E-state index < -0.39 is 0 Å². The lowest BCUT2D eigenvalue weighted by atomic mass is 10.0. The lowest BCUT2D eigenvalue weighted by molar-refractivity contribution is 0.0889. The standard InChI is InChI=1S/C8H19NO.C2H6/c1-6(2)5-8(9)7(3)10-4;1-2/h6-8H,5,9H2,1-4H3;1-2H3. The van der Waals surface area contributed by atoms with Crippen molar-refractivity contribution in [3.8, 4) is 0 Å². The highest BCUT2D eigenvalue weighted by Gasteiger charge is 2.12. The summed E-state index contributed by atoms with van der Waals surface area (Å²) in [7, 11) is 1.70. The molecule has 2 nitrogen and oxygen atoms in total. The van der Waals surface area contributed by atoms with Crippen molar-refractivity contribution >= 4 is 0 Å². The summed E-state index contributed by atoms with van der Waals surface area (Å²) < 4.78 is 5.09. The molecule has 2 heteroatoms. The van der Waals surface area contributed by atoms with Gasteiger partial charge < -0.3 is 10.5 Å². The zero-order chi connectivity index (χ0) is 10.1. The van der Waals surface area contributed by atoms with Crippen LogP contribution in [0.5, 0.6) is 0 Å². The first-order valence-corrected chi connectivity index (χ1v) is 4.86. The van der Waals surface area contributed by atoms with Gasteiger partial charge in [-0.1, -0.05) is 27.7 Å². The van der Waals surface area contributed by atoms with Gasteiger partial charge in [0.15, 0.2) is 0 Å². The van der Waals surface area contributed by atoms with E-state index in [-0.39, 0.29) is 12.1 Å². The zero-order valence-corrected chi connectivity index (χ0v) is 9.42. The molecule has 0 aliphatic rings. The Kier molecular flexibility index (Phi) is 10.8. The average Bonchev–Trinajstić information content (AvgIpc) is 2.05. The van der Waals surface area contributed by atoms with E-state index in [1.165, 1.54) is 0 Å².